The molecule has 2 aliphatic rings. The highest BCUT2D eigenvalue weighted by Crippen LogP contribution is 2.34. The molecule has 0 unspecified atom stereocenters. The summed E-state index contributed by atoms with van der Waals surface area (Å²) < 4.78 is 12.9. The van der Waals surface area contributed by atoms with E-state index in [-0.39, 0.29) is 11.8 Å². The molecule has 1 aliphatic heterocycles. The molecule has 3 heterocycles. The summed E-state index contributed by atoms with van der Waals surface area (Å²) in [7, 11) is 0. The average Bonchev–Trinajstić information content (AvgIpc) is 3.17. The summed E-state index contributed by atoms with van der Waals surface area (Å²) in [5.41, 5.74) is 2.72. The molecular weight excluding hydrogens is 320 g/mol. The van der Waals surface area contributed by atoms with Crippen LogP contribution in [0.5, 0.6) is 0 Å². The van der Waals surface area contributed by atoms with Gasteiger partial charge in [-0.15, -0.1) is 0 Å². The third-order valence-corrected chi connectivity index (χ3v) is 4.93. The predicted molar refractivity (Wildman–Crippen MR) is 90.2 cm³/mol. The molecule has 1 fully saturated rings. The van der Waals surface area contributed by atoms with Gasteiger partial charge < -0.3 is 14.2 Å². The van der Waals surface area contributed by atoms with Crippen LogP contribution >= 0.6 is 0 Å². The number of ether oxygens (including phenoxy) is 1. The molecule has 1 saturated carbocycles. The summed E-state index contributed by atoms with van der Waals surface area (Å²) in [6, 6.07) is 1.69. The van der Waals surface area contributed by atoms with Crippen LogP contribution in [0.3, 0.4) is 0 Å². The van der Waals surface area contributed by atoms with Gasteiger partial charge >= 0.3 is 0 Å². The fraction of sp³-hybridized carbons (Fsp3) is 0.611. The van der Waals surface area contributed by atoms with E-state index in [1.165, 1.54) is 18.5 Å². The Bertz CT molecular complexity index is 762. The molecule has 25 heavy (non-hydrogen) atoms. The quantitative estimate of drug-likeness (QED) is 0.804. The van der Waals surface area contributed by atoms with E-state index in [0.717, 1.165) is 18.0 Å². The van der Waals surface area contributed by atoms with Gasteiger partial charge in [-0.25, -0.2) is 0 Å². The molecule has 0 saturated heterocycles. The number of carbonyl (C=O) groups excluding carboxylic acids is 1. The molecule has 134 valence electrons. The molecule has 0 spiro atoms. The van der Waals surface area contributed by atoms with E-state index in [1.54, 1.807) is 13.0 Å². The fourth-order valence-electron chi connectivity index (χ4n) is 3.52. The Labute approximate surface area is 146 Å². The standard InChI is InChI=1S/C18H24N4O3/c1-3-24-11-15-10-21(18(23)16-6-12(2)25-20-16)9-14-7-19-22(17(14)15)8-13-4-5-13/h6-7,13,15H,3-5,8-11H2,1-2H3/t15-/m1/s1. The molecule has 0 aromatic carbocycles. The van der Waals surface area contributed by atoms with Gasteiger partial charge in [0.15, 0.2) is 5.69 Å². The van der Waals surface area contributed by atoms with Crippen LogP contribution in [-0.2, 0) is 17.8 Å². The van der Waals surface area contributed by atoms with Crippen LogP contribution in [0.4, 0.5) is 0 Å². The molecule has 0 bridgehead atoms. The number of aromatic nitrogens is 3. The van der Waals surface area contributed by atoms with E-state index in [4.69, 9.17) is 9.26 Å². The highest BCUT2D eigenvalue weighted by atomic mass is 16.5. The van der Waals surface area contributed by atoms with E-state index in [2.05, 4.69) is 14.9 Å². The zero-order chi connectivity index (χ0) is 17.4. The Morgan fingerprint density at radius 1 is 1.44 bits per heavy atom. The first-order valence-corrected chi connectivity index (χ1v) is 9.00. The maximum absolute atomic E-state index is 12.8. The van der Waals surface area contributed by atoms with Gasteiger partial charge in [-0.1, -0.05) is 5.16 Å². The molecule has 2 aromatic rings. The summed E-state index contributed by atoms with van der Waals surface area (Å²) in [5, 5.41) is 8.46. The topological polar surface area (TPSA) is 73.4 Å². The van der Waals surface area contributed by atoms with Crippen molar-refractivity contribution in [2.75, 3.05) is 19.8 Å². The maximum atomic E-state index is 12.8. The predicted octanol–water partition coefficient (Wildman–Crippen LogP) is 2.37. The van der Waals surface area contributed by atoms with E-state index in [1.807, 2.05) is 18.0 Å². The number of aryl methyl sites for hydroxylation is 1. The molecule has 0 N–H and O–H groups in total. The minimum absolute atomic E-state index is 0.0982. The molecule has 2 aromatic heterocycles. The molecule has 7 heteroatoms. The van der Waals surface area contributed by atoms with Crippen LogP contribution in [0.25, 0.3) is 0 Å². The number of rotatable bonds is 6. The molecular formula is C18H24N4O3. The van der Waals surface area contributed by atoms with Crippen LogP contribution < -0.4 is 0 Å². The van der Waals surface area contributed by atoms with Crippen molar-refractivity contribution in [3.63, 3.8) is 0 Å². The zero-order valence-electron chi connectivity index (χ0n) is 14.8. The largest absolute Gasteiger partial charge is 0.381 e. The first kappa shape index (κ1) is 16.3. The second-order valence-corrected chi connectivity index (χ2v) is 7.05. The molecule has 1 amide bonds. The zero-order valence-corrected chi connectivity index (χ0v) is 14.8. The Balaban J connectivity index is 1.58. The summed E-state index contributed by atoms with van der Waals surface area (Å²) in [4.78, 5) is 14.6. The van der Waals surface area contributed by atoms with Gasteiger partial charge in [0.1, 0.15) is 5.76 Å². The molecule has 1 aliphatic carbocycles. The lowest BCUT2D eigenvalue weighted by atomic mass is 9.96. The van der Waals surface area contributed by atoms with Gasteiger partial charge in [0.05, 0.1) is 18.5 Å². The van der Waals surface area contributed by atoms with E-state index < -0.39 is 0 Å². The first-order valence-electron chi connectivity index (χ1n) is 9.00. The summed E-state index contributed by atoms with van der Waals surface area (Å²) in [6.45, 7) is 7.21. The van der Waals surface area contributed by atoms with Crippen molar-refractivity contribution in [3.8, 4) is 0 Å². The number of hydrogen-bond acceptors (Lipinski definition) is 5. The van der Waals surface area contributed by atoms with Crippen LogP contribution in [0.2, 0.25) is 0 Å². The van der Waals surface area contributed by atoms with Gasteiger partial charge in [-0.05, 0) is 32.6 Å². The van der Waals surface area contributed by atoms with Crippen molar-refractivity contribution in [1.82, 2.24) is 19.8 Å². The number of carbonyl (C=O) groups is 1. The highest BCUT2D eigenvalue weighted by molar-refractivity contribution is 5.92. The molecule has 7 nitrogen and oxygen atoms in total. The average molecular weight is 344 g/mol. The van der Waals surface area contributed by atoms with Crippen molar-refractivity contribution in [3.05, 3.63) is 35.0 Å². The van der Waals surface area contributed by atoms with Crippen LogP contribution in [0.15, 0.2) is 16.8 Å². The van der Waals surface area contributed by atoms with Crippen molar-refractivity contribution in [1.29, 1.82) is 0 Å². The molecule has 1 atom stereocenters. The minimum Gasteiger partial charge on any atom is -0.381 e. The van der Waals surface area contributed by atoms with Gasteiger partial charge in [-0.2, -0.15) is 5.10 Å². The smallest absolute Gasteiger partial charge is 0.276 e. The summed E-state index contributed by atoms with van der Waals surface area (Å²) in [6.07, 6.45) is 4.49. The van der Waals surface area contributed by atoms with Crippen molar-refractivity contribution < 1.29 is 14.1 Å². The van der Waals surface area contributed by atoms with E-state index in [9.17, 15) is 4.79 Å². The fourth-order valence-corrected chi connectivity index (χ4v) is 3.52. The van der Waals surface area contributed by atoms with Crippen molar-refractivity contribution >= 4 is 5.91 Å². The highest BCUT2D eigenvalue weighted by Gasteiger charge is 2.34. The lowest BCUT2D eigenvalue weighted by molar-refractivity contribution is 0.0637. The van der Waals surface area contributed by atoms with Crippen LogP contribution in [0, 0.1) is 12.8 Å². The molecule has 4 rings (SSSR count). The number of nitrogens with zero attached hydrogens (tertiary/aromatic N) is 4. The number of amides is 1. The monoisotopic (exact) mass is 344 g/mol. The van der Waals surface area contributed by atoms with Crippen LogP contribution in [-0.4, -0.2) is 45.5 Å². The van der Waals surface area contributed by atoms with Gasteiger partial charge in [-0.3, -0.25) is 9.48 Å². The first-order chi connectivity index (χ1) is 12.2. The molecule has 0 radical (unpaired) electrons. The Morgan fingerprint density at radius 3 is 2.96 bits per heavy atom. The number of hydrogen-bond donors (Lipinski definition) is 0. The SMILES string of the molecule is CCOC[C@H]1CN(C(=O)c2cc(C)on2)Cc2cnn(CC3CC3)c21. The minimum atomic E-state index is -0.0982. The van der Waals surface area contributed by atoms with Crippen LogP contribution in [0.1, 0.15) is 53.2 Å². The van der Waals surface area contributed by atoms with Gasteiger partial charge in [0.2, 0.25) is 0 Å². The van der Waals surface area contributed by atoms with E-state index in [0.29, 0.717) is 37.8 Å². The Kier molecular flexibility index (Phi) is 4.33. The third-order valence-electron chi connectivity index (χ3n) is 4.93. The lowest BCUT2D eigenvalue weighted by Gasteiger charge is -2.33. The third kappa shape index (κ3) is 3.33. The van der Waals surface area contributed by atoms with Crippen molar-refractivity contribution in [2.24, 2.45) is 5.92 Å². The normalized spacial score (nSPS) is 19.9. The van der Waals surface area contributed by atoms with E-state index >= 15 is 0 Å². The maximum Gasteiger partial charge on any atom is 0.276 e. The van der Waals surface area contributed by atoms with Crippen molar-refractivity contribution in [2.45, 2.75) is 45.7 Å². The Morgan fingerprint density at radius 2 is 2.28 bits per heavy atom. The number of fused-ring (bicyclic) bond motifs is 1. The second kappa shape index (κ2) is 6.63. The lowest BCUT2D eigenvalue weighted by Crippen LogP contribution is -2.40. The summed E-state index contributed by atoms with van der Waals surface area (Å²) in [5.74, 6) is 1.44. The second-order valence-electron chi connectivity index (χ2n) is 7.05. The van der Waals surface area contributed by atoms with Gasteiger partial charge in [0.25, 0.3) is 5.91 Å². The Hall–Kier alpha value is -2.15. The van der Waals surface area contributed by atoms with Gasteiger partial charge in [0, 0.05) is 43.8 Å². The summed E-state index contributed by atoms with van der Waals surface area (Å²) >= 11 is 0.